The second kappa shape index (κ2) is 10.6. The fourth-order valence-corrected chi connectivity index (χ4v) is 0.833. The van der Waals surface area contributed by atoms with Crippen LogP contribution in [0.3, 0.4) is 0 Å². The maximum atomic E-state index is 10.8. The fourth-order valence-electron chi connectivity index (χ4n) is 0.833. The molecule has 1 unspecified atom stereocenters. The van der Waals surface area contributed by atoms with E-state index in [4.69, 9.17) is 5.11 Å². The molecule has 0 saturated heterocycles. The SMILES string of the molecule is CCOC(=O)C(CO)NC=O.c1ccncc1. The highest BCUT2D eigenvalue weighted by atomic mass is 16.5. The van der Waals surface area contributed by atoms with Gasteiger partial charge in [0.1, 0.15) is 6.04 Å². The zero-order valence-corrected chi connectivity index (χ0v) is 9.57. The summed E-state index contributed by atoms with van der Waals surface area (Å²) in [5.41, 5.74) is 0. The molecule has 1 atom stereocenters. The van der Waals surface area contributed by atoms with Gasteiger partial charge in [-0.25, -0.2) is 4.79 Å². The lowest BCUT2D eigenvalue weighted by Crippen LogP contribution is -2.40. The molecule has 0 saturated carbocycles. The van der Waals surface area contributed by atoms with Crippen LogP contribution in [0.15, 0.2) is 30.6 Å². The average Bonchev–Trinajstić information content (AvgIpc) is 2.39. The molecule has 6 heteroatoms. The van der Waals surface area contributed by atoms with E-state index in [1.54, 1.807) is 19.3 Å². The van der Waals surface area contributed by atoms with Crippen molar-refractivity contribution in [2.75, 3.05) is 13.2 Å². The van der Waals surface area contributed by atoms with Gasteiger partial charge in [-0.1, -0.05) is 6.07 Å². The number of aromatic nitrogens is 1. The van der Waals surface area contributed by atoms with Crippen molar-refractivity contribution in [2.24, 2.45) is 0 Å². The maximum absolute atomic E-state index is 10.8. The lowest BCUT2D eigenvalue weighted by atomic mass is 10.3. The third-order valence-corrected chi connectivity index (χ3v) is 1.59. The number of hydrogen-bond acceptors (Lipinski definition) is 5. The Morgan fingerprint density at radius 1 is 1.47 bits per heavy atom. The highest BCUT2D eigenvalue weighted by Gasteiger charge is 2.16. The zero-order chi connectivity index (χ0) is 12.9. The Bertz CT molecular complexity index is 279. The smallest absolute Gasteiger partial charge is 0.331 e. The average molecular weight is 240 g/mol. The van der Waals surface area contributed by atoms with Crippen molar-refractivity contribution < 1.29 is 19.4 Å². The van der Waals surface area contributed by atoms with Crippen molar-refractivity contribution in [3.63, 3.8) is 0 Å². The summed E-state index contributed by atoms with van der Waals surface area (Å²) in [4.78, 5) is 24.4. The van der Waals surface area contributed by atoms with Crippen LogP contribution in [0.25, 0.3) is 0 Å². The number of pyridine rings is 1. The van der Waals surface area contributed by atoms with Gasteiger partial charge in [0.25, 0.3) is 0 Å². The molecule has 0 aliphatic heterocycles. The molecule has 1 amide bonds. The molecule has 0 fully saturated rings. The number of nitrogens with zero attached hydrogens (tertiary/aromatic N) is 1. The van der Waals surface area contributed by atoms with Crippen molar-refractivity contribution in [1.29, 1.82) is 0 Å². The predicted octanol–water partition coefficient (Wildman–Crippen LogP) is -0.262. The minimum absolute atomic E-state index is 0.232. The van der Waals surface area contributed by atoms with Gasteiger partial charge in [-0.3, -0.25) is 9.78 Å². The minimum atomic E-state index is -0.938. The second-order valence-corrected chi connectivity index (χ2v) is 2.80. The lowest BCUT2D eigenvalue weighted by molar-refractivity contribution is -0.147. The third kappa shape index (κ3) is 7.92. The molecule has 0 radical (unpaired) electrons. The Balaban J connectivity index is 0.000000354. The molecule has 1 aromatic heterocycles. The molecule has 1 heterocycles. The molecule has 0 spiro atoms. The molecule has 0 bridgehead atoms. The quantitative estimate of drug-likeness (QED) is 0.546. The van der Waals surface area contributed by atoms with E-state index in [-0.39, 0.29) is 6.61 Å². The Kier molecular flexibility index (Phi) is 9.35. The summed E-state index contributed by atoms with van der Waals surface area (Å²) >= 11 is 0. The van der Waals surface area contributed by atoms with Gasteiger partial charge in [-0.15, -0.1) is 0 Å². The third-order valence-electron chi connectivity index (χ3n) is 1.59. The lowest BCUT2D eigenvalue weighted by Gasteiger charge is -2.10. The van der Waals surface area contributed by atoms with Crippen LogP contribution < -0.4 is 5.32 Å². The summed E-state index contributed by atoms with van der Waals surface area (Å²) in [6.45, 7) is 1.43. The van der Waals surface area contributed by atoms with Crippen LogP contribution in [0.1, 0.15) is 6.92 Å². The van der Waals surface area contributed by atoms with E-state index in [1.807, 2.05) is 18.2 Å². The molecule has 0 aliphatic rings. The largest absolute Gasteiger partial charge is 0.464 e. The molecular weight excluding hydrogens is 224 g/mol. The van der Waals surface area contributed by atoms with Crippen LogP contribution >= 0.6 is 0 Å². The fraction of sp³-hybridized carbons (Fsp3) is 0.364. The van der Waals surface area contributed by atoms with Crippen LogP contribution in [0.4, 0.5) is 0 Å². The second-order valence-electron chi connectivity index (χ2n) is 2.80. The van der Waals surface area contributed by atoms with Crippen molar-refractivity contribution in [3.8, 4) is 0 Å². The van der Waals surface area contributed by atoms with Crippen molar-refractivity contribution in [2.45, 2.75) is 13.0 Å². The van der Waals surface area contributed by atoms with E-state index in [0.29, 0.717) is 6.41 Å². The first-order valence-electron chi connectivity index (χ1n) is 5.08. The van der Waals surface area contributed by atoms with Crippen molar-refractivity contribution in [1.82, 2.24) is 10.3 Å². The Morgan fingerprint density at radius 3 is 2.41 bits per heavy atom. The minimum Gasteiger partial charge on any atom is -0.464 e. The van der Waals surface area contributed by atoms with Gasteiger partial charge in [0.05, 0.1) is 13.2 Å². The monoisotopic (exact) mass is 240 g/mol. The summed E-state index contributed by atoms with van der Waals surface area (Å²) in [5.74, 6) is -0.623. The molecule has 0 aromatic carbocycles. The van der Waals surface area contributed by atoms with Gasteiger partial charge in [0.2, 0.25) is 6.41 Å². The highest BCUT2D eigenvalue weighted by molar-refractivity contribution is 5.78. The first-order chi connectivity index (χ1) is 8.26. The summed E-state index contributed by atoms with van der Waals surface area (Å²) in [5, 5.41) is 10.6. The van der Waals surface area contributed by atoms with Crippen molar-refractivity contribution in [3.05, 3.63) is 30.6 Å². The number of hydrogen-bond donors (Lipinski definition) is 2. The van der Waals surface area contributed by atoms with Gasteiger partial charge in [-0.2, -0.15) is 0 Å². The highest BCUT2D eigenvalue weighted by Crippen LogP contribution is 1.86. The number of nitrogens with one attached hydrogen (secondary N) is 1. The van der Waals surface area contributed by atoms with E-state index >= 15 is 0 Å². The summed E-state index contributed by atoms with van der Waals surface area (Å²) in [6, 6.07) is 4.78. The van der Waals surface area contributed by atoms with E-state index in [0.717, 1.165) is 0 Å². The molecule has 94 valence electrons. The maximum Gasteiger partial charge on any atom is 0.331 e. The zero-order valence-electron chi connectivity index (χ0n) is 9.57. The molecule has 17 heavy (non-hydrogen) atoms. The number of aliphatic hydroxyl groups excluding tert-OH is 1. The number of carbonyl (C=O) groups excluding carboxylic acids is 2. The van der Waals surface area contributed by atoms with E-state index in [2.05, 4.69) is 15.0 Å². The number of amides is 1. The summed E-state index contributed by atoms with van der Waals surface area (Å²) in [7, 11) is 0. The first-order valence-corrected chi connectivity index (χ1v) is 5.08. The topological polar surface area (TPSA) is 88.5 Å². The van der Waals surface area contributed by atoms with Gasteiger partial charge in [-0.05, 0) is 19.1 Å². The van der Waals surface area contributed by atoms with Crippen LogP contribution in [0, 0.1) is 0 Å². The number of rotatable bonds is 5. The first kappa shape index (κ1) is 15.0. The molecule has 6 nitrogen and oxygen atoms in total. The van der Waals surface area contributed by atoms with Gasteiger partial charge >= 0.3 is 5.97 Å². The van der Waals surface area contributed by atoms with Crippen LogP contribution in [-0.4, -0.2) is 41.7 Å². The van der Waals surface area contributed by atoms with Crippen LogP contribution in [0.5, 0.6) is 0 Å². The van der Waals surface area contributed by atoms with Gasteiger partial charge < -0.3 is 15.2 Å². The summed E-state index contributed by atoms with van der Waals surface area (Å²) in [6.07, 6.45) is 3.85. The number of esters is 1. The Morgan fingerprint density at radius 2 is 2.12 bits per heavy atom. The van der Waals surface area contributed by atoms with E-state index < -0.39 is 18.6 Å². The van der Waals surface area contributed by atoms with Crippen LogP contribution in [-0.2, 0) is 14.3 Å². The number of carbonyl (C=O) groups is 2. The Hall–Kier alpha value is -1.95. The molecule has 1 aromatic rings. The standard InChI is InChI=1S/C6H11NO4.C5H5N/c1-2-11-6(10)5(3-8)7-4-9;1-2-4-6-5-3-1/h4-5,8H,2-3H2,1H3,(H,7,9);1-5H. The van der Waals surface area contributed by atoms with Gasteiger partial charge in [0.15, 0.2) is 0 Å². The Labute approximate surface area is 99.6 Å². The van der Waals surface area contributed by atoms with E-state index in [9.17, 15) is 9.59 Å². The summed E-state index contributed by atoms with van der Waals surface area (Å²) < 4.78 is 4.53. The normalized spacial score (nSPS) is 10.5. The number of ether oxygens (including phenoxy) is 1. The molecule has 0 aliphatic carbocycles. The van der Waals surface area contributed by atoms with E-state index in [1.165, 1.54) is 0 Å². The molecular formula is C11H16N2O4. The van der Waals surface area contributed by atoms with Gasteiger partial charge in [0, 0.05) is 12.4 Å². The van der Waals surface area contributed by atoms with Crippen molar-refractivity contribution >= 4 is 12.4 Å². The van der Waals surface area contributed by atoms with Crippen LogP contribution in [0.2, 0.25) is 0 Å². The molecule has 1 rings (SSSR count). The number of aliphatic hydroxyl groups is 1. The molecule has 2 N–H and O–H groups in total. The predicted molar refractivity (Wildman–Crippen MR) is 60.9 cm³/mol.